The maximum absolute atomic E-state index is 5.70. The Kier molecular flexibility index (Phi) is 6.31. The van der Waals surface area contributed by atoms with Gasteiger partial charge in [0.2, 0.25) is 11.6 Å². The van der Waals surface area contributed by atoms with Gasteiger partial charge < -0.3 is 0 Å². The summed E-state index contributed by atoms with van der Waals surface area (Å²) in [5, 5.41) is 0. The second kappa shape index (κ2) is 7.93. The van der Waals surface area contributed by atoms with E-state index in [0.29, 0.717) is 17.8 Å². The van der Waals surface area contributed by atoms with Crippen LogP contribution in [0.1, 0.15) is 135 Å². The minimum Gasteiger partial charge on any atom is -0.195 e. The average molecular weight is 493 g/mol. The van der Waals surface area contributed by atoms with Crippen LogP contribution in [-0.2, 0) is 19.6 Å². The fourth-order valence-corrected chi connectivity index (χ4v) is 9.77. The van der Waals surface area contributed by atoms with Crippen molar-refractivity contribution in [3.8, 4) is 0 Å². The van der Waals surface area contributed by atoms with E-state index in [9.17, 15) is 0 Å². The van der Waals surface area contributed by atoms with Crippen LogP contribution in [0.3, 0.4) is 0 Å². The zero-order chi connectivity index (χ0) is 26.5. The molecule has 0 aromatic rings. The van der Waals surface area contributed by atoms with Gasteiger partial charge in [0.1, 0.15) is 0 Å². The van der Waals surface area contributed by atoms with Crippen molar-refractivity contribution in [3.63, 3.8) is 0 Å². The van der Waals surface area contributed by atoms with Crippen LogP contribution in [0.5, 0.6) is 0 Å². The molecule has 4 atom stereocenters. The topological polar surface area (TPSA) is 50.1 Å². The molecule has 2 aliphatic carbocycles. The Morgan fingerprint density at radius 1 is 0.571 bits per heavy atom. The first-order valence-electron chi connectivity index (χ1n) is 14.4. The molecular formula is C31H56O4. The molecule has 2 saturated carbocycles. The van der Waals surface area contributed by atoms with Gasteiger partial charge >= 0.3 is 0 Å². The molecule has 0 radical (unpaired) electrons. The molecule has 0 N–H and O–H groups in total. The lowest BCUT2D eigenvalue weighted by Crippen LogP contribution is -2.65. The Morgan fingerprint density at radius 3 is 1.09 bits per heavy atom. The van der Waals surface area contributed by atoms with Gasteiger partial charge in [0, 0.05) is 25.7 Å². The highest BCUT2D eigenvalue weighted by Crippen LogP contribution is 2.75. The largest absolute Gasteiger partial charge is 0.234 e. The van der Waals surface area contributed by atoms with E-state index in [-0.39, 0.29) is 44.1 Å². The first kappa shape index (κ1) is 27.9. The SMILES string of the molecule is CCC(C1(C(C)(C)C)CCC2(CC1C(C)(C)C)OO2)C1(C(C)(C)C)CCC2(CC1C(C)(C)C)OO2. The molecule has 4 nitrogen and oxygen atoms in total. The third-order valence-corrected chi connectivity index (χ3v) is 11.3. The van der Waals surface area contributed by atoms with Gasteiger partial charge in [-0.05, 0) is 63.1 Å². The molecule has 0 aromatic heterocycles. The molecule has 4 fully saturated rings. The monoisotopic (exact) mass is 492 g/mol. The quantitative estimate of drug-likeness (QED) is 0.291. The van der Waals surface area contributed by atoms with Gasteiger partial charge in [-0.1, -0.05) is 96.4 Å². The van der Waals surface area contributed by atoms with E-state index in [1.165, 1.54) is 6.42 Å². The van der Waals surface area contributed by atoms with E-state index in [2.05, 4.69) is 90.0 Å². The number of rotatable bonds is 3. The summed E-state index contributed by atoms with van der Waals surface area (Å²) in [7, 11) is 0. The van der Waals surface area contributed by atoms with Crippen LogP contribution in [0.2, 0.25) is 0 Å². The van der Waals surface area contributed by atoms with Gasteiger partial charge in [-0.25, -0.2) is 0 Å². The Labute approximate surface area is 216 Å². The maximum Gasteiger partial charge on any atom is 0.234 e. The molecule has 0 bridgehead atoms. The molecule has 4 unspecified atom stereocenters. The molecule has 0 amide bonds. The number of hydrogen-bond donors (Lipinski definition) is 0. The number of hydrogen-bond acceptors (Lipinski definition) is 4. The van der Waals surface area contributed by atoms with Crippen LogP contribution in [-0.4, -0.2) is 11.6 Å². The smallest absolute Gasteiger partial charge is 0.195 e. The molecule has 2 spiro atoms. The summed E-state index contributed by atoms with van der Waals surface area (Å²) in [4.78, 5) is 22.8. The summed E-state index contributed by atoms with van der Waals surface area (Å²) in [6.07, 6.45) is 7.51. The van der Waals surface area contributed by atoms with Gasteiger partial charge in [-0.15, -0.1) is 0 Å². The van der Waals surface area contributed by atoms with Gasteiger partial charge in [-0.2, -0.15) is 19.6 Å². The van der Waals surface area contributed by atoms with Crippen molar-refractivity contribution in [2.24, 2.45) is 50.2 Å². The minimum atomic E-state index is -0.338. The fourth-order valence-electron chi connectivity index (χ4n) is 9.77. The third kappa shape index (κ3) is 4.25. The van der Waals surface area contributed by atoms with E-state index in [1.54, 1.807) is 0 Å². The lowest BCUT2D eigenvalue weighted by molar-refractivity contribution is -0.231. The fraction of sp³-hybridized carbons (Fsp3) is 1.00. The zero-order valence-corrected chi connectivity index (χ0v) is 25.3. The maximum atomic E-state index is 5.70. The molecule has 2 heterocycles. The first-order chi connectivity index (χ1) is 15.7. The van der Waals surface area contributed by atoms with Crippen LogP contribution >= 0.6 is 0 Å². The molecule has 2 saturated heterocycles. The lowest BCUT2D eigenvalue weighted by atomic mass is 9.34. The standard InChI is InChI=1S/C31H56O4/c1-14-21(30(26(8,9)10)17-15-28(32-33-28)19-22(30)24(2,3)4)31(27(11,12)13)18-16-29(34-35-29)20-23(31)25(5,6)7/h21-23H,14-20H2,1-13H3. The normalized spacial score (nSPS) is 38.0. The van der Waals surface area contributed by atoms with Crippen molar-refractivity contribution >= 4 is 0 Å². The summed E-state index contributed by atoms with van der Waals surface area (Å²) >= 11 is 0. The minimum absolute atomic E-state index is 0.143. The van der Waals surface area contributed by atoms with Crippen LogP contribution in [0, 0.1) is 50.2 Å². The summed E-state index contributed by atoms with van der Waals surface area (Å²) in [5.74, 6) is 0.891. The molecule has 0 aromatic carbocycles. The van der Waals surface area contributed by atoms with Crippen molar-refractivity contribution in [3.05, 3.63) is 0 Å². The summed E-state index contributed by atoms with van der Waals surface area (Å²) < 4.78 is 0. The predicted octanol–water partition coefficient (Wildman–Crippen LogP) is 9.09. The van der Waals surface area contributed by atoms with Gasteiger partial charge in [-0.3, -0.25) is 0 Å². The molecule has 35 heavy (non-hydrogen) atoms. The Morgan fingerprint density at radius 2 is 0.886 bits per heavy atom. The molecular weight excluding hydrogens is 436 g/mol. The van der Waals surface area contributed by atoms with E-state index in [0.717, 1.165) is 38.5 Å². The van der Waals surface area contributed by atoms with Gasteiger partial charge in [0.15, 0.2) is 0 Å². The Bertz CT molecular complexity index is 730. The first-order valence-corrected chi connectivity index (χ1v) is 14.4. The highest BCUT2D eigenvalue weighted by atomic mass is 17.4. The van der Waals surface area contributed by atoms with Crippen LogP contribution in [0.15, 0.2) is 0 Å². The molecule has 4 heteroatoms. The lowest BCUT2D eigenvalue weighted by Gasteiger charge is -2.70. The van der Waals surface area contributed by atoms with Crippen molar-refractivity contribution < 1.29 is 19.6 Å². The molecule has 2 aliphatic heterocycles. The van der Waals surface area contributed by atoms with E-state index in [4.69, 9.17) is 19.6 Å². The van der Waals surface area contributed by atoms with Crippen LogP contribution < -0.4 is 0 Å². The molecule has 4 aliphatic rings. The highest BCUT2D eigenvalue weighted by Gasteiger charge is 2.72. The van der Waals surface area contributed by atoms with E-state index in [1.807, 2.05) is 0 Å². The van der Waals surface area contributed by atoms with E-state index < -0.39 is 0 Å². The predicted molar refractivity (Wildman–Crippen MR) is 141 cm³/mol. The van der Waals surface area contributed by atoms with Crippen molar-refractivity contribution in [2.75, 3.05) is 0 Å². The summed E-state index contributed by atoms with van der Waals surface area (Å²) in [5.41, 5.74) is 0.909. The van der Waals surface area contributed by atoms with Crippen molar-refractivity contribution in [2.45, 2.75) is 147 Å². The van der Waals surface area contributed by atoms with Gasteiger partial charge in [0.05, 0.1) is 0 Å². The summed E-state index contributed by atoms with van der Waals surface area (Å²) in [6, 6.07) is 0. The Hall–Kier alpha value is -0.160. The average Bonchev–Trinajstić information content (AvgIpc) is 3.60. The Balaban J connectivity index is 1.96. The van der Waals surface area contributed by atoms with Crippen molar-refractivity contribution in [1.82, 2.24) is 0 Å². The van der Waals surface area contributed by atoms with Crippen LogP contribution in [0.4, 0.5) is 0 Å². The molecule has 4 rings (SSSR count). The third-order valence-electron chi connectivity index (χ3n) is 11.3. The second-order valence-electron chi connectivity index (χ2n) is 16.9. The molecule has 204 valence electrons. The second-order valence-corrected chi connectivity index (χ2v) is 16.9. The van der Waals surface area contributed by atoms with E-state index >= 15 is 0 Å². The highest BCUT2D eigenvalue weighted by molar-refractivity contribution is 5.17. The van der Waals surface area contributed by atoms with Crippen molar-refractivity contribution in [1.29, 1.82) is 0 Å². The van der Waals surface area contributed by atoms with Gasteiger partial charge in [0.25, 0.3) is 0 Å². The van der Waals surface area contributed by atoms with Crippen LogP contribution in [0.25, 0.3) is 0 Å². The summed E-state index contributed by atoms with van der Waals surface area (Å²) in [6.45, 7) is 32.4. The zero-order valence-electron chi connectivity index (χ0n) is 25.3.